The van der Waals surface area contributed by atoms with E-state index in [9.17, 15) is 0 Å². The molecule has 0 aliphatic carbocycles. The van der Waals surface area contributed by atoms with Crippen LogP contribution in [0, 0.1) is 0 Å². The molecule has 56 valence electrons. The Morgan fingerprint density at radius 1 is 1.55 bits per heavy atom. The first-order valence-electron chi connectivity index (χ1n) is 3.68. The molecule has 2 heterocycles. The van der Waals surface area contributed by atoms with Gasteiger partial charge >= 0.3 is 0 Å². The Hall–Kier alpha value is -1.38. The van der Waals surface area contributed by atoms with E-state index < -0.39 is 0 Å². The highest BCUT2D eigenvalue weighted by Gasteiger charge is 1.96. The van der Waals surface area contributed by atoms with Crippen molar-refractivity contribution in [2.24, 2.45) is 0 Å². The third kappa shape index (κ3) is 0.981. The summed E-state index contributed by atoms with van der Waals surface area (Å²) in [6.07, 6.45) is 3.76. The molecule has 2 rings (SSSR count). The molecule has 0 bridgehead atoms. The smallest absolute Gasteiger partial charge is 0.181 e. The third-order valence-electron chi connectivity index (χ3n) is 1.65. The lowest BCUT2D eigenvalue weighted by Gasteiger charge is -1.88. The lowest BCUT2D eigenvalue weighted by atomic mass is 10.4. The zero-order valence-corrected chi connectivity index (χ0v) is 6.36. The molecule has 3 nitrogen and oxygen atoms in total. The quantitative estimate of drug-likeness (QED) is 0.611. The van der Waals surface area contributed by atoms with Crippen molar-refractivity contribution in [2.75, 3.05) is 0 Å². The molecule has 0 spiro atoms. The maximum Gasteiger partial charge on any atom is 0.181 e. The van der Waals surface area contributed by atoms with Crippen molar-refractivity contribution in [1.82, 2.24) is 14.8 Å². The molecule has 0 radical (unpaired) electrons. The highest BCUT2D eigenvalue weighted by Crippen LogP contribution is 2.06. The number of fused-ring (bicyclic) bond motifs is 1. The Morgan fingerprint density at radius 3 is 3.18 bits per heavy atom. The van der Waals surface area contributed by atoms with E-state index >= 15 is 0 Å². The zero-order chi connectivity index (χ0) is 7.68. The molecule has 0 saturated carbocycles. The van der Waals surface area contributed by atoms with Crippen molar-refractivity contribution in [3.63, 3.8) is 0 Å². The van der Waals surface area contributed by atoms with E-state index in [0.29, 0.717) is 0 Å². The van der Waals surface area contributed by atoms with Crippen LogP contribution in [0.4, 0.5) is 0 Å². The number of hydrogen-bond acceptors (Lipinski definition) is 2. The van der Waals surface area contributed by atoms with Crippen molar-refractivity contribution in [2.45, 2.75) is 13.5 Å². The minimum Gasteiger partial charge on any atom is -0.270 e. The predicted octanol–water partition coefficient (Wildman–Crippen LogP) is 1.45. The van der Waals surface area contributed by atoms with Gasteiger partial charge in [-0.2, -0.15) is 5.10 Å². The van der Waals surface area contributed by atoms with Crippen LogP contribution in [0.3, 0.4) is 0 Å². The number of pyridine rings is 1. The predicted molar refractivity (Wildman–Crippen MR) is 43.2 cm³/mol. The molecule has 0 aromatic carbocycles. The Bertz CT molecular complexity index is 331. The van der Waals surface area contributed by atoms with Gasteiger partial charge in [0.25, 0.3) is 0 Å². The Morgan fingerprint density at radius 2 is 2.45 bits per heavy atom. The van der Waals surface area contributed by atoms with E-state index in [4.69, 9.17) is 0 Å². The second kappa shape index (κ2) is 2.34. The van der Waals surface area contributed by atoms with Gasteiger partial charge in [-0.3, -0.25) is 4.68 Å². The Labute approximate surface area is 64.7 Å². The van der Waals surface area contributed by atoms with Gasteiger partial charge in [0.1, 0.15) is 0 Å². The summed E-state index contributed by atoms with van der Waals surface area (Å²) in [6, 6.07) is 3.94. The molecule has 0 aliphatic heterocycles. The van der Waals surface area contributed by atoms with Gasteiger partial charge in [-0.1, -0.05) is 0 Å². The third-order valence-corrected chi connectivity index (χ3v) is 1.65. The van der Waals surface area contributed by atoms with Crippen LogP contribution in [0.25, 0.3) is 11.0 Å². The van der Waals surface area contributed by atoms with Crippen molar-refractivity contribution in [3.8, 4) is 0 Å². The average molecular weight is 147 g/mol. The molecular formula is C8H9N3. The molecule has 0 unspecified atom stereocenters. The van der Waals surface area contributed by atoms with Crippen LogP contribution in [-0.4, -0.2) is 14.8 Å². The van der Waals surface area contributed by atoms with Crippen LogP contribution >= 0.6 is 0 Å². The summed E-state index contributed by atoms with van der Waals surface area (Å²) in [5.41, 5.74) is 0.828. The van der Waals surface area contributed by atoms with E-state index in [2.05, 4.69) is 17.0 Å². The van der Waals surface area contributed by atoms with Gasteiger partial charge in [-0.25, -0.2) is 4.98 Å². The highest BCUT2D eigenvalue weighted by atomic mass is 15.3. The molecule has 2 aromatic rings. The van der Waals surface area contributed by atoms with Crippen LogP contribution in [0.5, 0.6) is 0 Å². The van der Waals surface area contributed by atoms with Gasteiger partial charge in [-0.05, 0) is 19.1 Å². The zero-order valence-electron chi connectivity index (χ0n) is 6.36. The Balaban J connectivity index is 2.69. The van der Waals surface area contributed by atoms with Crippen LogP contribution in [0.1, 0.15) is 6.92 Å². The molecule has 2 aromatic heterocycles. The maximum absolute atomic E-state index is 4.24. The summed E-state index contributed by atoms with van der Waals surface area (Å²) in [4.78, 5) is 4.12. The van der Waals surface area contributed by atoms with Crippen molar-refractivity contribution in [3.05, 3.63) is 24.5 Å². The summed E-state index contributed by atoms with van der Waals surface area (Å²) < 4.78 is 1.89. The number of hydrogen-bond donors (Lipinski definition) is 0. The summed E-state index contributed by atoms with van der Waals surface area (Å²) in [6.45, 7) is 2.96. The fourth-order valence-corrected chi connectivity index (χ4v) is 1.07. The lowest BCUT2D eigenvalue weighted by molar-refractivity contribution is 0.666. The SMILES string of the molecule is CCn1cc2cccnc2n1. The van der Waals surface area contributed by atoms with Crippen LogP contribution in [0.15, 0.2) is 24.5 Å². The fourth-order valence-electron chi connectivity index (χ4n) is 1.07. The molecule has 0 fully saturated rings. The van der Waals surface area contributed by atoms with E-state index in [-0.39, 0.29) is 0 Å². The van der Waals surface area contributed by atoms with Crippen LogP contribution in [0.2, 0.25) is 0 Å². The monoisotopic (exact) mass is 147 g/mol. The molecule has 0 amide bonds. The summed E-state index contributed by atoms with van der Waals surface area (Å²) in [5, 5.41) is 5.34. The van der Waals surface area contributed by atoms with Gasteiger partial charge in [0.15, 0.2) is 5.65 Å². The van der Waals surface area contributed by atoms with E-state index in [1.54, 1.807) is 6.20 Å². The summed E-state index contributed by atoms with van der Waals surface area (Å²) >= 11 is 0. The average Bonchev–Trinajstić information content (AvgIpc) is 2.46. The normalized spacial score (nSPS) is 10.6. The van der Waals surface area contributed by atoms with Crippen molar-refractivity contribution in [1.29, 1.82) is 0 Å². The second-order valence-corrected chi connectivity index (χ2v) is 2.40. The standard InChI is InChI=1S/C8H9N3/c1-2-11-6-7-4-3-5-9-8(7)10-11/h3-6H,2H2,1H3. The van der Waals surface area contributed by atoms with Gasteiger partial charge < -0.3 is 0 Å². The number of aryl methyl sites for hydroxylation is 1. The summed E-state index contributed by atoms with van der Waals surface area (Å²) in [7, 11) is 0. The first-order valence-corrected chi connectivity index (χ1v) is 3.68. The Kier molecular flexibility index (Phi) is 1.35. The molecule has 11 heavy (non-hydrogen) atoms. The van der Waals surface area contributed by atoms with Gasteiger partial charge in [0, 0.05) is 24.3 Å². The van der Waals surface area contributed by atoms with E-state index in [0.717, 1.165) is 17.6 Å². The van der Waals surface area contributed by atoms with E-state index in [1.807, 2.05) is 23.0 Å². The number of rotatable bonds is 1. The minimum absolute atomic E-state index is 0.828. The first-order chi connectivity index (χ1) is 5.40. The second-order valence-electron chi connectivity index (χ2n) is 2.40. The number of nitrogens with zero attached hydrogens (tertiary/aromatic N) is 3. The molecular weight excluding hydrogens is 138 g/mol. The number of aromatic nitrogens is 3. The van der Waals surface area contributed by atoms with Gasteiger partial charge in [0.2, 0.25) is 0 Å². The molecule has 3 heteroatoms. The molecule has 0 saturated heterocycles. The first kappa shape index (κ1) is 6.34. The largest absolute Gasteiger partial charge is 0.270 e. The van der Waals surface area contributed by atoms with Gasteiger partial charge in [0.05, 0.1) is 0 Å². The molecule has 0 N–H and O–H groups in total. The van der Waals surface area contributed by atoms with Gasteiger partial charge in [-0.15, -0.1) is 0 Å². The highest BCUT2D eigenvalue weighted by molar-refractivity contribution is 5.73. The maximum atomic E-state index is 4.24. The lowest BCUT2D eigenvalue weighted by Crippen LogP contribution is -1.92. The molecule has 0 atom stereocenters. The van der Waals surface area contributed by atoms with Crippen molar-refractivity contribution >= 4 is 11.0 Å². The molecule has 0 aliphatic rings. The fraction of sp³-hybridized carbons (Fsp3) is 0.250. The van der Waals surface area contributed by atoms with Crippen molar-refractivity contribution < 1.29 is 0 Å². The van der Waals surface area contributed by atoms with Crippen LogP contribution < -0.4 is 0 Å². The van der Waals surface area contributed by atoms with E-state index in [1.165, 1.54) is 0 Å². The minimum atomic E-state index is 0.828. The van der Waals surface area contributed by atoms with Crippen LogP contribution in [-0.2, 0) is 6.54 Å². The topological polar surface area (TPSA) is 30.7 Å². The summed E-state index contributed by atoms with van der Waals surface area (Å²) in [5.74, 6) is 0.